The normalized spacial score (nSPS) is 50.1. The molecule has 5 rings (SSSR count). The van der Waals surface area contributed by atoms with Gasteiger partial charge >= 0.3 is 0 Å². The molecule has 3 nitrogen and oxygen atoms in total. The minimum atomic E-state index is -0.386. The standard InChI is InChI=1S/C31H45NO2S/c1-19(2)20-10-15-31(26(34)32-18-35)17-16-29(6)21(25(20)31)8-9-23-28(5)13-12-24(33)27(3,4)22(28)11-14-30(23,29)7/h20-23,25H,1,8-17H2,2-7H3/t20-,21+,22-,23+,25+,28-,29+,30+,31-/m0/s1. The van der Waals surface area contributed by atoms with Gasteiger partial charge in [0, 0.05) is 11.8 Å². The van der Waals surface area contributed by atoms with E-state index in [1.54, 1.807) is 0 Å². The van der Waals surface area contributed by atoms with Crippen molar-refractivity contribution in [3.05, 3.63) is 12.2 Å². The smallest absolute Gasteiger partial charge is 0.261 e. The number of rotatable bonds is 2. The first kappa shape index (κ1) is 25.5. The molecule has 0 aromatic heterocycles. The predicted molar refractivity (Wildman–Crippen MR) is 144 cm³/mol. The van der Waals surface area contributed by atoms with Gasteiger partial charge in [0.05, 0.1) is 10.6 Å². The second kappa shape index (κ2) is 7.94. The molecule has 0 aromatic rings. The first-order valence-electron chi connectivity index (χ1n) is 14.1. The summed E-state index contributed by atoms with van der Waals surface area (Å²) < 4.78 is 0. The number of aliphatic imine (C=N–C) groups is 1. The number of ketones is 1. The van der Waals surface area contributed by atoms with Gasteiger partial charge in [-0.15, -0.1) is 0 Å². The zero-order chi connectivity index (χ0) is 25.6. The number of carbonyl (C=O) groups is 2. The summed E-state index contributed by atoms with van der Waals surface area (Å²) in [7, 11) is 0. The fourth-order valence-corrected chi connectivity index (χ4v) is 11.5. The van der Waals surface area contributed by atoms with Gasteiger partial charge in [-0.2, -0.15) is 4.99 Å². The Hall–Kier alpha value is -1.12. The van der Waals surface area contributed by atoms with Crippen LogP contribution in [0.2, 0.25) is 0 Å². The van der Waals surface area contributed by atoms with Gasteiger partial charge < -0.3 is 0 Å². The largest absolute Gasteiger partial charge is 0.299 e. The molecule has 5 fully saturated rings. The topological polar surface area (TPSA) is 46.5 Å². The Labute approximate surface area is 218 Å². The molecule has 4 heteroatoms. The number of thiocarbonyl (C=S) groups is 1. The average Bonchev–Trinajstić information content (AvgIpc) is 3.19. The van der Waals surface area contributed by atoms with E-state index in [4.69, 9.17) is 12.2 Å². The van der Waals surface area contributed by atoms with E-state index in [0.29, 0.717) is 35.4 Å². The molecule has 0 spiro atoms. The van der Waals surface area contributed by atoms with E-state index in [0.717, 1.165) is 44.9 Å². The van der Waals surface area contributed by atoms with Crippen LogP contribution in [-0.2, 0) is 9.59 Å². The summed E-state index contributed by atoms with van der Waals surface area (Å²) in [5.74, 6) is 2.77. The van der Waals surface area contributed by atoms with E-state index in [-0.39, 0.29) is 33.0 Å². The summed E-state index contributed by atoms with van der Waals surface area (Å²) in [5, 5.41) is 2.41. The number of hydrogen-bond donors (Lipinski definition) is 0. The molecular formula is C31H45NO2S. The molecular weight excluding hydrogens is 450 g/mol. The van der Waals surface area contributed by atoms with Gasteiger partial charge in [-0.1, -0.05) is 46.8 Å². The van der Waals surface area contributed by atoms with E-state index < -0.39 is 0 Å². The second-order valence-corrected chi connectivity index (χ2v) is 14.7. The van der Waals surface area contributed by atoms with E-state index in [1.807, 2.05) is 0 Å². The fourth-order valence-electron chi connectivity index (χ4n) is 11.5. The Bertz CT molecular complexity index is 1030. The van der Waals surface area contributed by atoms with Gasteiger partial charge in [0.2, 0.25) is 0 Å². The highest BCUT2D eigenvalue weighted by Crippen LogP contribution is 2.77. The maximum atomic E-state index is 13.5. The number of amides is 1. The van der Waals surface area contributed by atoms with Crippen molar-refractivity contribution in [2.45, 2.75) is 106 Å². The highest BCUT2D eigenvalue weighted by molar-refractivity contribution is 7.78. The van der Waals surface area contributed by atoms with Gasteiger partial charge in [0.25, 0.3) is 5.91 Å². The summed E-state index contributed by atoms with van der Waals surface area (Å²) in [5.41, 5.74) is 1.26. The number of hydrogen-bond acceptors (Lipinski definition) is 3. The van der Waals surface area contributed by atoms with Crippen LogP contribution in [0.5, 0.6) is 0 Å². The maximum absolute atomic E-state index is 13.5. The first-order valence-corrected chi connectivity index (χ1v) is 14.5. The highest BCUT2D eigenvalue weighted by atomic mass is 32.1. The minimum Gasteiger partial charge on any atom is -0.299 e. The van der Waals surface area contributed by atoms with Gasteiger partial charge in [-0.25, -0.2) is 0 Å². The molecule has 0 N–H and O–H groups in total. The monoisotopic (exact) mass is 495 g/mol. The van der Waals surface area contributed by atoms with Crippen molar-refractivity contribution in [1.29, 1.82) is 0 Å². The second-order valence-electron chi connectivity index (χ2n) is 14.5. The zero-order valence-corrected chi connectivity index (χ0v) is 23.7. The van der Waals surface area contributed by atoms with Crippen LogP contribution < -0.4 is 0 Å². The Morgan fingerprint density at radius 1 is 0.943 bits per heavy atom. The lowest BCUT2D eigenvalue weighted by atomic mass is 9.32. The lowest BCUT2D eigenvalue weighted by Gasteiger charge is -2.72. The molecule has 0 heterocycles. The predicted octanol–water partition coefficient (Wildman–Crippen LogP) is 7.84. The molecule has 192 valence electrons. The maximum Gasteiger partial charge on any atom is 0.261 e. The zero-order valence-electron chi connectivity index (χ0n) is 22.8. The lowest BCUT2D eigenvalue weighted by molar-refractivity contribution is -0.232. The quantitative estimate of drug-likeness (QED) is 0.223. The first-order chi connectivity index (χ1) is 16.3. The van der Waals surface area contributed by atoms with Crippen molar-refractivity contribution < 1.29 is 9.59 Å². The molecule has 0 unspecified atom stereocenters. The number of isothiocyanates is 1. The number of carbonyl (C=O) groups excluding carboxylic acids is 2. The molecule has 0 aromatic carbocycles. The molecule has 9 atom stereocenters. The van der Waals surface area contributed by atoms with Gasteiger partial charge in [-0.3, -0.25) is 9.59 Å². The van der Waals surface area contributed by atoms with Crippen molar-refractivity contribution in [3.8, 4) is 0 Å². The van der Waals surface area contributed by atoms with E-state index in [2.05, 4.69) is 58.3 Å². The van der Waals surface area contributed by atoms with Crippen molar-refractivity contribution in [1.82, 2.24) is 0 Å². The molecule has 0 aliphatic heterocycles. The summed E-state index contributed by atoms with van der Waals surface area (Å²) in [6.07, 6.45) is 10.5. The van der Waals surface area contributed by atoms with Crippen LogP contribution in [0.15, 0.2) is 17.1 Å². The molecule has 1 amide bonds. The molecule has 0 bridgehead atoms. The van der Waals surface area contributed by atoms with E-state index >= 15 is 0 Å². The fraction of sp³-hybridized carbons (Fsp3) is 0.839. The van der Waals surface area contributed by atoms with Crippen molar-refractivity contribution in [2.24, 2.45) is 61.7 Å². The molecule has 0 radical (unpaired) electrons. The molecule has 0 saturated heterocycles. The highest BCUT2D eigenvalue weighted by Gasteiger charge is 2.71. The number of fused-ring (bicyclic) bond motifs is 7. The number of Topliss-reactive ketones (excluding diaryl/α,β-unsaturated/α-hetero) is 1. The van der Waals surface area contributed by atoms with Gasteiger partial charge in [0.1, 0.15) is 5.78 Å². The third kappa shape index (κ3) is 3.08. The molecule has 5 aliphatic rings. The van der Waals surface area contributed by atoms with Crippen molar-refractivity contribution >= 4 is 29.1 Å². The van der Waals surface area contributed by atoms with Crippen LogP contribution in [0, 0.1) is 56.7 Å². The van der Waals surface area contributed by atoms with Crippen LogP contribution in [0.1, 0.15) is 106 Å². The molecule has 5 saturated carbocycles. The summed E-state index contributed by atoms with van der Waals surface area (Å²) in [4.78, 5) is 30.5. The van der Waals surface area contributed by atoms with E-state index in [1.165, 1.54) is 24.8 Å². The third-order valence-electron chi connectivity index (χ3n) is 13.4. The van der Waals surface area contributed by atoms with Crippen LogP contribution in [-0.4, -0.2) is 16.9 Å². The Kier molecular flexibility index (Phi) is 5.79. The van der Waals surface area contributed by atoms with E-state index in [9.17, 15) is 9.59 Å². The lowest BCUT2D eigenvalue weighted by Crippen LogP contribution is -2.66. The van der Waals surface area contributed by atoms with Crippen LogP contribution >= 0.6 is 12.2 Å². The third-order valence-corrected chi connectivity index (χ3v) is 13.5. The SMILES string of the molecule is C=C(C)[C@@H]1CC[C@]2(C(=O)N=C=S)CC[C@]3(C)[C@H](CC[C@@H]4[C@@]5(C)CCC(=O)C(C)(C)[C@@H]5CC[C@]43C)[C@@H]12. The average molecular weight is 496 g/mol. The molecule has 35 heavy (non-hydrogen) atoms. The van der Waals surface area contributed by atoms with Crippen molar-refractivity contribution in [2.75, 3.05) is 0 Å². The Morgan fingerprint density at radius 3 is 2.31 bits per heavy atom. The van der Waals surface area contributed by atoms with Gasteiger partial charge in [-0.05, 0) is 123 Å². The van der Waals surface area contributed by atoms with Crippen LogP contribution in [0.25, 0.3) is 0 Å². The Balaban J connectivity index is 1.58. The summed E-state index contributed by atoms with van der Waals surface area (Å²) in [6, 6.07) is 0. The summed E-state index contributed by atoms with van der Waals surface area (Å²) >= 11 is 4.88. The minimum absolute atomic E-state index is 0.0150. The van der Waals surface area contributed by atoms with Gasteiger partial charge in [0.15, 0.2) is 0 Å². The Morgan fingerprint density at radius 2 is 1.66 bits per heavy atom. The van der Waals surface area contributed by atoms with Crippen LogP contribution in [0.4, 0.5) is 0 Å². The molecule has 5 aliphatic carbocycles. The number of nitrogens with zero attached hydrogens (tertiary/aromatic N) is 1. The number of allylic oxidation sites excluding steroid dienone is 1. The van der Waals surface area contributed by atoms with Crippen LogP contribution in [0.3, 0.4) is 0 Å². The summed E-state index contributed by atoms with van der Waals surface area (Å²) in [6.45, 7) is 18.7. The van der Waals surface area contributed by atoms with Crippen molar-refractivity contribution in [3.63, 3.8) is 0 Å².